The molecule has 3 nitrogen and oxygen atoms in total. The molecule has 0 aromatic carbocycles. The molecule has 58 valence electrons. The van der Waals surface area contributed by atoms with Crippen molar-refractivity contribution in [3.8, 4) is 6.07 Å². The lowest BCUT2D eigenvalue weighted by atomic mass is 10.1. The smallest absolute Gasteiger partial charge is 0.0626 e. The molecule has 1 heterocycles. The molecule has 0 aliphatic carbocycles. The first-order valence-electron chi connectivity index (χ1n) is 3.63. The highest BCUT2D eigenvalue weighted by Crippen LogP contribution is 2.10. The van der Waals surface area contributed by atoms with Crippen LogP contribution in [-0.4, -0.2) is 10.2 Å². The molecular weight excluding hydrogens is 138 g/mol. The minimum atomic E-state index is 0.571. The van der Waals surface area contributed by atoms with Crippen LogP contribution in [0.4, 0.5) is 0 Å². The van der Waals surface area contributed by atoms with E-state index in [1.807, 2.05) is 13.8 Å². The fraction of sp³-hybridized carbons (Fsp3) is 0.500. The SMILES string of the molecule is Cc1n[nH]c(C)c1CCC#N. The van der Waals surface area contributed by atoms with Crippen molar-refractivity contribution in [1.29, 1.82) is 5.26 Å². The van der Waals surface area contributed by atoms with E-state index >= 15 is 0 Å². The van der Waals surface area contributed by atoms with Crippen molar-refractivity contribution in [1.82, 2.24) is 10.2 Å². The quantitative estimate of drug-likeness (QED) is 0.692. The molecule has 1 aromatic rings. The third-order valence-corrected chi connectivity index (χ3v) is 1.77. The Morgan fingerprint density at radius 1 is 1.55 bits per heavy atom. The minimum Gasteiger partial charge on any atom is -0.282 e. The van der Waals surface area contributed by atoms with Gasteiger partial charge in [-0.3, -0.25) is 5.10 Å². The number of aromatic amines is 1. The second-order valence-electron chi connectivity index (χ2n) is 2.57. The van der Waals surface area contributed by atoms with E-state index < -0.39 is 0 Å². The average molecular weight is 149 g/mol. The normalized spacial score (nSPS) is 9.55. The largest absolute Gasteiger partial charge is 0.282 e. The maximum Gasteiger partial charge on any atom is 0.0626 e. The summed E-state index contributed by atoms with van der Waals surface area (Å²) >= 11 is 0. The molecule has 0 bridgehead atoms. The zero-order chi connectivity index (χ0) is 8.27. The molecule has 1 aromatic heterocycles. The number of rotatable bonds is 2. The van der Waals surface area contributed by atoms with Crippen LogP contribution in [0.3, 0.4) is 0 Å². The summed E-state index contributed by atoms with van der Waals surface area (Å²) in [5, 5.41) is 15.3. The Kier molecular flexibility index (Phi) is 2.27. The molecule has 0 aliphatic heterocycles. The summed E-state index contributed by atoms with van der Waals surface area (Å²) in [7, 11) is 0. The van der Waals surface area contributed by atoms with Crippen LogP contribution in [0.5, 0.6) is 0 Å². The summed E-state index contributed by atoms with van der Waals surface area (Å²) < 4.78 is 0. The highest BCUT2D eigenvalue weighted by atomic mass is 15.1. The number of aromatic nitrogens is 2. The molecule has 3 heteroatoms. The summed E-state index contributed by atoms with van der Waals surface area (Å²) in [6.45, 7) is 3.93. The Morgan fingerprint density at radius 3 is 2.73 bits per heavy atom. The molecule has 0 unspecified atom stereocenters. The van der Waals surface area contributed by atoms with Crippen LogP contribution in [0.2, 0.25) is 0 Å². The molecular formula is C8H11N3. The van der Waals surface area contributed by atoms with Gasteiger partial charge in [0.05, 0.1) is 11.8 Å². The predicted molar refractivity (Wildman–Crippen MR) is 42.0 cm³/mol. The number of hydrogen-bond acceptors (Lipinski definition) is 2. The van der Waals surface area contributed by atoms with Gasteiger partial charge in [0.15, 0.2) is 0 Å². The van der Waals surface area contributed by atoms with Crippen molar-refractivity contribution >= 4 is 0 Å². The molecule has 0 saturated carbocycles. The van der Waals surface area contributed by atoms with E-state index in [0.29, 0.717) is 6.42 Å². The van der Waals surface area contributed by atoms with E-state index in [2.05, 4.69) is 16.3 Å². The van der Waals surface area contributed by atoms with Gasteiger partial charge in [0.2, 0.25) is 0 Å². The van der Waals surface area contributed by atoms with E-state index in [1.165, 1.54) is 5.56 Å². The third kappa shape index (κ3) is 1.58. The predicted octanol–water partition coefficient (Wildman–Crippen LogP) is 1.48. The second kappa shape index (κ2) is 3.20. The first-order chi connectivity index (χ1) is 5.25. The number of nitrogens with one attached hydrogen (secondary N) is 1. The molecule has 0 atom stereocenters. The van der Waals surface area contributed by atoms with Crippen molar-refractivity contribution in [2.24, 2.45) is 0 Å². The van der Waals surface area contributed by atoms with Gasteiger partial charge in [-0.25, -0.2) is 0 Å². The zero-order valence-corrected chi connectivity index (χ0v) is 6.81. The minimum absolute atomic E-state index is 0.571. The van der Waals surface area contributed by atoms with Gasteiger partial charge in [-0.05, 0) is 25.8 Å². The average Bonchev–Trinajstić information content (AvgIpc) is 2.29. The number of nitriles is 1. The van der Waals surface area contributed by atoms with Crippen molar-refractivity contribution in [2.45, 2.75) is 26.7 Å². The van der Waals surface area contributed by atoms with E-state index in [0.717, 1.165) is 17.8 Å². The molecule has 11 heavy (non-hydrogen) atoms. The van der Waals surface area contributed by atoms with E-state index in [1.54, 1.807) is 0 Å². The molecule has 1 N–H and O–H groups in total. The lowest BCUT2D eigenvalue weighted by molar-refractivity contribution is 0.984. The first-order valence-corrected chi connectivity index (χ1v) is 3.63. The summed E-state index contributed by atoms with van der Waals surface area (Å²) in [5.74, 6) is 0. The number of hydrogen-bond donors (Lipinski definition) is 1. The fourth-order valence-corrected chi connectivity index (χ4v) is 1.12. The molecule has 0 aliphatic rings. The lowest BCUT2D eigenvalue weighted by Gasteiger charge is -1.93. The number of nitrogens with zero attached hydrogens (tertiary/aromatic N) is 2. The van der Waals surface area contributed by atoms with Gasteiger partial charge >= 0.3 is 0 Å². The van der Waals surface area contributed by atoms with E-state index in [-0.39, 0.29) is 0 Å². The molecule has 0 amide bonds. The van der Waals surface area contributed by atoms with Gasteiger partial charge in [-0.1, -0.05) is 0 Å². The van der Waals surface area contributed by atoms with Crippen molar-refractivity contribution in [3.05, 3.63) is 17.0 Å². The Balaban J connectivity index is 2.77. The maximum atomic E-state index is 8.37. The van der Waals surface area contributed by atoms with E-state index in [4.69, 9.17) is 5.26 Å². The Labute approximate surface area is 66.0 Å². The third-order valence-electron chi connectivity index (χ3n) is 1.77. The topological polar surface area (TPSA) is 52.5 Å². The lowest BCUT2D eigenvalue weighted by Crippen LogP contribution is -1.87. The summed E-state index contributed by atoms with van der Waals surface area (Å²) in [6.07, 6.45) is 1.38. The van der Waals surface area contributed by atoms with E-state index in [9.17, 15) is 0 Å². The van der Waals surface area contributed by atoms with Gasteiger partial charge in [0.25, 0.3) is 0 Å². The molecule has 0 radical (unpaired) electrons. The number of H-pyrrole nitrogens is 1. The van der Waals surface area contributed by atoms with Crippen LogP contribution >= 0.6 is 0 Å². The molecule has 0 saturated heterocycles. The van der Waals surface area contributed by atoms with Crippen LogP contribution in [0.25, 0.3) is 0 Å². The Hall–Kier alpha value is -1.30. The Morgan fingerprint density at radius 2 is 2.27 bits per heavy atom. The highest BCUT2D eigenvalue weighted by molar-refractivity contribution is 5.23. The van der Waals surface area contributed by atoms with Crippen molar-refractivity contribution in [3.63, 3.8) is 0 Å². The van der Waals surface area contributed by atoms with Gasteiger partial charge in [-0.2, -0.15) is 10.4 Å². The summed E-state index contributed by atoms with van der Waals surface area (Å²) in [5.41, 5.74) is 3.28. The monoisotopic (exact) mass is 149 g/mol. The van der Waals surface area contributed by atoms with Crippen LogP contribution in [0.15, 0.2) is 0 Å². The van der Waals surface area contributed by atoms with Crippen molar-refractivity contribution < 1.29 is 0 Å². The Bertz CT molecular complexity index is 261. The van der Waals surface area contributed by atoms with Gasteiger partial charge in [0.1, 0.15) is 0 Å². The molecule has 0 fully saturated rings. The maximum absolute atomic E-state index is 8.37. The first kappa shape index (κ1) is 7.80. The van der Waals surface area contributed by atoms with Gasteiger partial charge in [-0.15, -0.1) is 0 Å². The number of aryl methyl sites for hydroxylation is 2. The van der Waals surface area contributed by atoms with Crippen LogP contribution in [0.1, 0.15) is 23.4 Å². The fourth-order valence-electron chi connectivity index (χ4n) is 1.12. The molecule has 0 spiro atoms. The standard InChI is InChI=1S/C8H11N3/c1-6-8(4-3-5-9)7(2)11-10-6/h3-4H2,1-2H3,(H,10,11). The van der Waals surface area contributed by atoms with Crippen molar-refractivity contribution in [2.75, 3.05) is 0 Å². The molecule has 1 rings (SSSR count). The van der Waals surface area contributed by atoms with Gasteiger partial charge in [0, 0.05) is 12.1 Å². The van der Waals surface area contributed by atoms with Crippen LogP contribution in [0, 0.1) is 25.2 Å². The highest BCUT2D eigenvalue weighted by Gasteiger charge is 2.04. The van der Waals surface area contributed by atoms with Crippen LogP contribution in [-0.2, 0) is 6.42 Å². The van der Waals surface area contributed by atoms with Gasteiger partial charge < -0.3 is 0 Å². The summed E-state index contributed by atoms with van der Waals surface area (Å²) in [6, 6.07) is 2.12. The van der Waals surface area contributed by atoms with Crippen LogP contribution < -0.4 is 0 Å². The second-order valence-corrected chi connectivity index (χ2v) is 2.57. The summed E-state index contributed by atoms with van der Waals surface area (Å²) in [4.78, 5) is 0. The zero-order valence-electron chi connectivity index (χ0n) is 6.81.